The van der Waals surface area contributed by atoms with E-state index in [0.717, 1.165) is 5.56 Å². The lowest BCUT2D eigenvalue weighted by molar-refractivity contribution is -0.388. The van der Waals surface area contributed by atoms with E-state index in [0.29, 0.717) is 0 Å². The van der Waals surface area contributed by atoms with Gasteiger partial charge in [-0.05, 0) is 21.5 Å². The zero-order chi connectivity index (χ0) is 13.8. The molecule has 0 aliphatic heterocycles. The van der Waals surface area contributed by atoms with Gasteiger partial charge in [-0.3, -0.25) is 4.79 Å². The van der Waals surface area contributed by atoms with Crippen LogP contribution in [0.5, 0.6) is 0 Å². The lowest BCUT2D eigenvalue weighted by atomic mass is 10.0. The van der Waals surface area contributed by atoms with Crippen molar-refractivity contribution in [2.24, 2.45) is 0 Å². The average molecular weight is 257 g/mol. The van der Waals surface area contributed by atoms with Crippen LogP contribution in [0.2, 0.25) is 0 Å². The van der Waals surface area contributed by atoms with Crippen molar-refractivity contribution in [2.75, 3.05) is 5.73 Å². The maximum Gasteiger partial charge on any atom is 0.387 e. The minimum atomic E-state index is -0.700. The molecule has 6 nitrogen and oxygen atoms in total. The number of nitrogens with zero attached hydrogens (tertiary/aromatic N) is 2. The number of carbonyl (C=O) groups is 1. The van der Waals surface area contributed by atoms with Crippen LogP contribution in [0.4, 0.5) is 11.5 Å². The van der Waals surface area contributed by atoms with Crippen molar-refractivity contribution in [3.63, 3.8) is 0 Å². The topological polar surface area (TPSA) is 99.1 Å². The van der Waals surface area contributed by atoms with Crippen LogP contribution in [0.15, 0.2) is 42.6 Å². The van der Waals surface area contributed by atoms with E-state index in [9.17, 15) is 14.9 Å². The first-order valence-electron chi connectivity index (χ1n) is 5.55. The average Bonchev–Trinajstić information content (AvgIpc) is 2.39. The molecule has 1 aromatic heterocycles. The van der Waals surface area contributed by atoms with Crippen molar-refractivity contribution in [3.8, 4) is 0 Å². The molecule has 2 rings (SSSR count). The second kappa shape index (κ2) is 5.26. The van der Waals surface area contributed by atoms with E-state index in [-0.39, 0.29) is 23.5 Å². The first kappa shape index (κ1) is 12.7. The number of pyridine rings is 1. The summed E-state index contributed by atoms with van der Waals surface area (Å²) in [5.41, 5.74) is 6.38. The third-order valence-electron chi connectivity index (χ3n) is 2.65. The monoisotopic (exact) mass is 257 g/mol. The number of nitro groups is 1. The highest BCUT2D eigenvalue weighted by molar-refractivity contribution is 6.03. The molecule has 0 spiro atoms. The highest BCUT2D eigenvalue weighted by Gasteiger charge is 2.20. The van der Waals surface area contributed by atoms with Gasteiger partial charge in [-0.25, -0.2) is 0 Å². The van der Waals surface area contributed by atoms with Crippen LogP contribution < -0.4 is 5.73 Å². The van der Waals surface area contributed by atoms with E-state index >= 15 is 0 Å². The van der Waals surface area contributed by atoms with Gasteiger partial charge in [-0.1, -0.05) is 30.3 Å². The van der Waals surface area contributed by atoms with E-state index in [1.165, 1.54) is 12.3 Å². The van der Waals surface area contributed by atoms with Crippen molar-refractivity contribution < 1.29 is 9.72 Å². The van der Waals surface area contributed by atoms with Gasteiger partial charge in [-0.2, -0.15) is 0 Å². The zero-order valence-corrected chi connectivity index (χ0v) is 9.95. The molecule has 1 aromatic carbocycles. The van der Waals surface area contributed by atoms with Gasteiger partial charge < -0.3 is 15.8 Å². The van der Waals surface area contributed by atoms with Crippen molar-refractivity contribution in [1.29, 1.82) is 0 Å². The Labute approximate surface area is 109 Å². The second-order valence-corrected chi connectivity index (χ2v) is 3.94. The maximum absolute atomic E-state index is 12.1. The number of carbonyl (C=O) groups excluding carboxylic acids is 1. The molecule has 0 fully saturated rings. The highest BCUT2D eigenvalue weighted by Crippen LogP contribution is 2.23. The summed E-state index contributed by atoms with van der Waals surface area (Å²) in [4.78, 5) is 25.6. The smallest absolute Gasteiger partial charge is 0.387 e. The Morgan fingerprint density at radius 2 is 1.95 bits per heavy atom. The minimum Gasteiger partial charge on any atom is -0.391 e. The molecule has 0 radical (unpaired) electrons. The molecular weight excluding hydrogens is 246 g/mol. The van der Waals surface area contributed by atoms with E-state index < -0.39 is 10.7 Å². The summed E-state index contributed by atoms with van der Waals surface area (Å²) in [5, 5.41) is 10.7. The summed E-state index contributed by atoms with van der Waals surface area (Å²) in [6.07, 6.45) is 1.36. The van der Waals surface area contributed by atoms with Crippen molar-refractivity contribution >= 4 is 17.3 Å². The molecule has 0 aliphatic carbocycles. The fourth-order valence-corrected chi connectivity index (χ4v) is 1.73. The van der Waals surface area contributed by atoms with Crippen LogP contribution in [0.25, 0.3) is 0 Å². The predicted molar refractivity (Wildman–Crippen MR) is 69.8 cm³/mol. The van der Waals surface area contributed by atoms with Crippen molar-refractivity contribution in [2.45, 2.75) is 6.42 Å². The number of rotatable bonds is 4. The molecule has 0 saturated heterocycles. The van der Waals surface area contributed by atoms with Gasteiger partial charge in [0.1, 0.15) is 11.9 Å². The largest absolute Gasteiger partial charge is 0.391 e. The van der Waals surface area contributed by atoms with E-state index in [1.807, 2.05) is 30.3 Å². The predicted octanol–water partition coefficient (Wildman–Crippen LogP) is 2.00. The third-order valence-corrected chi connectivity index (χ3v) is 2.65. The van der Waals surface area contributed by atoms with E-state index in [4.69, 9.17) is 5.73 Å². The lowest BCUT2D eigenvalue weighted by Crippen LogP contribution is -2.09. The number of nitrogen functional groups attached to an aromatic ring is 1. The number of Topliss-reactive ketones (excluding diaryl/α,β-unsaturated/α-hetero) is 1. The van der Waals surface area contributed by atoms with Gasteiger partial charge in [0.2, 0.25) is 0 Å². The molecule has 1 heterocycles. The molecule has 6 heteroatoms. The summed E-state index contributed by atoms with van der Waals surface area (Å²) in [6.45, 7) is 0. The number of hydrogen-bond donors (Lipinski definition) is 1. The molecule has 2 N–H and O–H groups in total. The van der Waals surface area contributed by atoms with Crippen molar-refractivity contribution in [1.82, 2.24) is 4.98 Å². The van der Waals surface area contributed by atoms with E-state index in [2.05, 4.69) is 4.98 Å². The van der Waals surface area contributed by atoms with Crippen molar-refractivity contribution in [3.05, 3.63) is 63.8 Å². The van der Waals surface area contributed by atoms with Crippen LogP contribution in [-0.2, 0) is 6.42 Å². The summed E-state index contributed by atoms with van der Waals surface area (Å²) in [6, 6.07) is 10.5. The summed E-state index contributed by atoms with van der Waals surface area (Å²) in [5.74, 6) is -0.756. The molecular formula is C13H11N3O3. The summed E-state index contributed by atoms with van der Waals surface area (Å²) >= 11 is 0. The molecule has 0 amide bonds. The molecule has 19 heavy (non-hydrogen) atoms. The van der Waals surface area contributed by atoms with Crippen LogP contribution in [0, 0.1) is 10.1 Å². The van der Waals surface area contributed by atoms with Crippen LogP contribution in [-0.4, -0.2) is 15.7 Å². The Hall–Kier alpha value is -2.76. The highest BCUT2D eigenvalue weighted by atomic mass is 16.6. The Morgan fingerprint density at radius 3 is 2.58 bits per heavy atom. The molecule has 0 bridgehead atoms. The Balaban J connectivity index is 2.30. The van der Waals surface area contributed by atoms with Gasteiger partial charge in [0.05, 0.1) is 5.56 Å². The number of nitrogens with two attached hydrogens (primary N) is 1. The maximum atomic E-state index is 12.1. The van der Waals surface area contributed by atoms with Crippen LogP contribution in [0.3, 0.4) is 0 Å². The van der Waals surface area contributed by atoms with E-state index in [1.54, 1.807) is 0 Å². The Morgan fingerprint density at radius 1 is 1.26 bits per heavy atom. The second-order valence-electron chi connectivity index (χ2n) is 3.94. The van der Waals surface area contributed by atoms with Gasteiger partial charge in [0.25, 0.3) is 0 Å². The number of ketones is 1. The fraction of sp³-hybridized carbons (Fsp3) is 0.0769. The Kier molecular flexibility index (Phi) is 3.51. The van der Waals surface area contributed by atoms with Crippen LogP contribution >= 0.6 is 0 Å². The summed E-state index contributed by atoms with van der Waals surface area (Å²) in [7, 11) is 0. The normalized spacial score (nSPS) is 10.1. The zero-order valence-electron chi connectivity index (χ0n) is 9.95. The van der Waals surface area contributed by atoms with Gasteiger partial charge in [0, 0.05) is 6.42 Å². The fourth-order valence-electron chi connectivity index (χ4n) is 1.73. The SMILES string of the molecule is Nc1c(C(=O)Cc2ccccc2)ccnc1[N+](=O)[O-]. The number of benzene rings is 1. The number of anilines is 1. The molecule has 0 unspecified atom stereocenters. The summed E-state index contributed by atoms with van der Waals surface area (Å²) < 4.78 is 0. The first-order chi connectivity index (χ1) is 9.09. The molecule has 2 aromatic rings. The van der Waals surface area contributed by atoms with Gasteiger partial charge in [-0.15, -0.1) is 0 Å². The number of aromatic nitrogens is 1. The minimum absolute atomic E-state index is 0.130. The molecule has 0 saturated carbocycles. The lowest BCUT2D eigenvalue weighted by Gasteiger charge is -2.04. The van der Waals surface area contributed by atoms with Gasteiger partial charge in [0.15, 0.2) is 5.78 Å². The standard InChI is InChI=1S/C13H11N3O3/c14-12-10(6-7-15-13(12)16(18)19)11(17)8-9-4-2-1-3-5-9/h1-7H,8,14H2. The van der Waals surface area contributed by atoms with Gasteiger partial charge >= 0.3 is 5.82 Å². The first-order valence-corrected chi connectivity index (χ1v) is 5.55. The Bertz CT molecular complexity index is 626. The molecule has 0 aliphatic rings. The molecule has 0 atom stereocenters. The van der Waals surface area contributed by atoms with Crippen LogP contribution in [0.1, 0.15) is 15.9 Å². The quantitative estimate of drug-likeness (QED) is 0.513. The number of hydrogen-bond acceptors (Lipinski definition) is 5. The molecule has 96 valence electrons. The third kappa shape index (κ3) is 2.74.